The topological polar surface area (TPSA) is 107 Å². The second-order valence-electron chi connectivity index (χ2n) is 8.85. The lowest BCUT2D eigenvalue weighted by Gasteiger charge is -2.24. The Hall–Kier alpha value is -2.90. The minimum atomic E-state index is -4.53. The van der Waals surface area contributed by atoms with Gasteiger partial charge < -0.3 is 15.0 Å². The molecule has 7 nitrogen and oxygen atoms in total. The van der Waals surface area contributed by atoms with Crippen molar-refractivity contribution in [2.24, 2.45) is 11.8 Å². The van der Waals surface area contributed by atoms with Crippen LogP contribution in [0.15, 0.2) is 35.3 Å². The summed E-state index contributed by atoms with van der Waals surface area (Å²) in [5, 5.41) is 25.2. The Morgan fingerprint density at radius 2 is 2.09 bits per heavy atom. The number of benzene rings is 1. The Bertz CT molecular complexity index is 1110. The lowest BCUT2D eigenvalue weighted by Crippen LogP contribution is -2.43. The Kier molecular flexibility index (Phi) is 7.44. The van der Waals surface area contributed by atoms with Crippen LogP contribution in [0.1, 0.15) is 44.7 Å². The van der Waals surface area contributed by atoms with Crippen LogP contribution in [-0.4, -0.2) is 34.4 Å². The van der Waals surface area contributed by atoms with Crippen LogP contribution in [0, 0.1) is 23.2 Å². The van der Waals surface area contributed by atoms with E-state index in [9.17, 15) is 33.1 Å². The van der Waals surface area contributed by atoms with Gasteiger partial charge in [0.15, 0.2) is 0 Å². The summed E-state index contributed by atoms with van der Waals surface area (Å²) >= 11 is 0. The van der Waals surface area contributed by atoms with Gasteiger partial charge in [0.25, 0.3) is 5.56 Å². The van der Waals surface area contributed by atoms with Gasteiger partial charge in [0.2, 0.25) is 5.91 Å². The fraction of sp³-hybridized carbons (Fsp3) is 0.522. The monoisotopic (exact) mass is 464 g/mol. The van der Waals surface area contributed by atoms with Crippen LogP contribution in [0.2, 0.25) is 0 Å². The van der Waals surface area contributed by atoms with Gasteiger partial charge in [-0.15, -0.1) is 0 Å². The van der Waals surface area contributed by atoms with E-state index in [0.29, 0.717) is 19.4 Å². The van der Waals surface area contributed by atoms with Crippen molar-refractivity contribution in [3.63, 3.8) is 0 Å². The average molecular weight is 464 g/mol. The van der Waals surface area contributed by atoms with Crippen LogP contribution in [-0.2, 0) is 11.0 Å². The number of aliphatic hydroxyl groups is 1. The standard InChI is InChI=1S/C23H27F3N4O3/c1-13(2)9-19(21(32)29-17(12-27)11-15-5-7-28-20(15)31)30-8-6-14-10-16(23(24,25)26)3-4-18(14)22(30)33/h3-4,6,8,10,13,15,17,19-20,28,31H,5,7,9,11H2,1-2H3,(H,29,32)/t15-,17-,19-,20-/m0/s1. The molecule has 1 fully saturated rings. The molecule has 0 saturated carbocycles. The summed E-state index contributed by atoms with van der Waals surface area (Å²) in [6.07, 6.45) is -2.72. The van der Waals surface area contributed by atoms with E-state index < -0.39 is 41.5 Å². The first-order chi connectivity index (χ1) is 15.5. The van der Waals surface area contributed by atoms with E-state index in [1.54, 1.807) is 0 Å². The molecule has 0 bridgehead atoms. The normalized spacial score (nSPS) is 20.5. The molecule has 1 aromatic heterocycles. The van der Waals surface area contributed by atoms with Gasteiger partial charge in [-0.3, -0.25) is 14.9 Å². The van der Waals surface area contributed by atoms with Crippen molar-refractivity contribution in [2.75, 3.05) is 6.54 Å². The van der Waals surface area contributed by atoms with Crippen molar-refractivity contribution in [3.8, 4) is 6.07 Å². The summed E-state index contributed by atoms with van der Waals surface area (Å²) in [4.78, 5) is 26.2. The second-order valence-corrected chi connectivity index (χ2v) is 8.85. The highest BCUT2D eigenvalue weighted by atomic mass is 19.4. The summed E-state index contributed by atoms with van der Waals surface area (Å²) in [5.41, 5.74) is -1.44. The molecule has 3 rings (SSSR count). The third-order valence-electron chi connectivity index (χ3n) is 5.92. The molecule has 1 aromatic carbocycles. The molecule has 0 aliphatic carbocycles. The van der Waals surface area contributed by atoms with Crippen LogP contribution in [0.4, 0.5) is 13.2 Å². The highest BCUT2D eigenvalue weighted by Crippen LogP contribution is 2.31. The molecule has 0 spiro atoms. The number of nitrogens with one attached hydrogen (secondary N) is 2. The molecular weight excluding hydrogens is 437 g/mol. The predicted molar refractivity (Wildman–Crippen MR) is 116 cm³/mol. The van der Waals surface area contributed by atoms with Gasteiger partial charge in [-0.2, -0.15) is 18.4 Å². The first kappa shape index (κ1) is 24.7. The molecule has 4 atom stereocenters. The number of alkyl halides is 3. The molecule has 33 heavy (non-hydrogen) atoms. The molecule has 1 amide bonds. The summed E-state index contributed by atoms with van der Waals surface area (Å²) in [5.74, 6) is -0.675. The molecule has 2 aromatic rings. The number of carbonyl (C=O) groups is 1. The molecule has 10 heteroatoms. The van der Waals surface area contributed by atoms with E-state index in [1.165, 1.54) is 16.8 Å². The van der Waals surface area contributed by atoms with E-state index in [1.807, 2.05) is 19.9 Å². The van der Waals surface area contributed by atoms with Gasteiger partial charge in [-0.05, 0) is 61.4 Å². The molecule has 2 heterocycles. The van der Waals surface area contributed by atoms with E-state index in [-0.39, 0.29) is 29.0 Å². The maximum absolute atomic E-state index is 13.1. The Morgan fingerprint density at radius 3 is 2.67 bits per heavy atom. The fourth-order valence-electron chi connectivity index (χ4n) is 4.18. The maximum atomic E-state index is 13.1. The molecule has 1 aliphatic rings. The second kappa shape index (κ2) is 9.93. The number of hydrogen-bond donors (Lipinski definition) is 3. The smallest absolute Gasteiger partial charge is 0.378 e. The van der Waals surface area contributed by atoms with Crippen molar-refractivity contribution in [1.29, 1.82) is 5.26 Å². The van der Waals surface area contributed by atoms with Crippen molar-refractivity contribution in [1.82, 2.24) is 15.2 Å². The SMILES string of the molecule is CC(C)C[C@@H](C(=O)N[C@H](C#N)C[C@@H]1CCN[C@H]1O)n1ccc2cc(C(F)(F)F)ccc2c1=O. The molecule has 0 radical (unpaired) electrons. The number of carbonyl (C=O) groups excluding carboxylic acids is 1. The quantitative estimate of drug-likeness (QED) is 0.584. The number of amides is 1. The average Bonchev–Trinajstić information content (AvgIpc) is 3.15. The van der Waals surface area contributed by atoms with Crippen LogP contribution >= 0.6 is 0 Å². The van der Waals surface area contributed by atoms with Crippen LogP contribution in [0.3, 0.4) is 0 Å². The Labute approximate surface area is 189 Å². The first-order valence-electron chi connectivity index (χ1n) is 10.8. The zero-order valence-corrected chi connectivity index (χ0v) is 18.4. The van der Waals surface area contributed by atoms with Gasteiger partial charge in [0.1, 0.15) is 18.3 Å². The Balaban J connectivity index is 1.90. The summed E-state index contributed by atoms with van der Waals surface area (Å²) in [6, 6.07) is 4.51. The largest absolute Gasteiger partial charge is 0.416 e. The minimum Gasteiger partial charge on any atom is -0.378 e. The van der Waals surface area contributed by atoms with E-state index in [2.05, 4.69) is 10.6 Å². The Morgan fingerprint density at radius 1 is 1.36 bits per heavy atom. The number of hydrogen-bond acceptors (Lipinski definition) is 5. The van der Waals surface area contributed by atoms with Crippen LogP contribution in [0.25, 0.3) is 10.8 Å². The van der Waals surface area contributed by atoms with Crippen LogP contribution in [0.5, 0.6) is 0 Å². The third-order valence-corrected chi connectivity index (χ3v) is 5.92. The summed E-state index contributed by atoms with van der Waals surface area (Å²) in [6.45, 7) is 4.38. The van der Waals surface area contributed by atoms with Gasteiger partial charge in [0, 0.05) is 17.5 Å². The third kappa shape index (κ3) is 5.72. The number of nitriles is 1. The minimum absolute atomic E-state index is 0.0253. The number of aromatic nitrogens is 1. The van der Waals surface area contributed by atoms with Crippen molar-refractivity contribution >= 4 is 16.7 Å². The van der Waals surface area contributed by atoms with Gasteiger partial charge >= 0.3 is 6.18 Å². The number of nitrogens with zero attached hydrogens (tertiary/aromatic N) is 2. The first-order valence-corrected chi connectivity index (χ1v) is 10.8. The van der Waals surface area contributed by atoms with E-state index in [0.717, 1.165) is 18.2 Å². The molecule has 1 saturated heterocycles. The van der Waals surface area contributed by atoms with E-state index >= 15 is 0 Å². The number of pyridine rings is 1. The van der Waals surface area contributed by atoms with Crippen molar-refractivity contribution < 1.29 is 23.1 Å². The van der Waals surface area contributed by atoms with Crippen LogP contribution < -0.4 is 16.2 Å². The van der Waals surface area contributed by atoms with Gasteiger partial charge in [-0.25, -0.2) is 0 Å². The summed E-state index contributed by atoms with van der Waals surface area (Å²) < 4.78 is 40.3. The molecule has 3 N–H and O–H groups in total. The molecule has 0 unspecified atom stereocenters. The highest BCUT2D eigenvalue weighted by molar-refractivity contribution is 5.84. The number of rotatable bonds is 7. The molecule has 1 aliphatic heterocycles. The van der Waals surface area contributed by atoms with E-state index in [4.69, 9.17) is 0 Å². The lowest BCUT2D eigenvalue weighted by atomic mass is 9.97. The predicted octanol–water partition coefficient (Wildman–Crippen LogP) is 2.93. The van der Waals surface area contributed by atoms with Crippen molar-refractivity contribution in [2.45, 2.75) is 57.6 Å². The van der Waals surface area contributed by atoms with Gasteiger partial charge in [0.05, 0.1) is 11.6 Å². The maximum Gasteiger partial charge on any atom is 0.416 e. The number of aliphatic hydroxyl groups excluding tert-OH is 1. The molecule has 178 valence electrons. The fourth-order valence-corrected chi connectivity index (χ4v) is 4.18. The van der Waals surface area contributed by atoms with Crippen molar-refractivity contribution in [3.05, 3.63) is 46.4 Å². The van der Waals surface area contributed by atoms with Gasteiger partial charge in [-0.1, -0.05) is 13.8 Å². The highest BCUT2D eigenvalue weighted by Gasteiger charge is 2.32. The molecular formula is C23H27F3N4O3. The zero-order chi connectivity index (χ0) is 24.3. The summed E-state index contributed by atoms with van der Waals surface area (Å²) in [7, 11) is 0. The number of halogens is 3. The number of fused-ring (bicyclic) bond motifs is 1. The zero-order valence-electron chi connectivity index (χ0n) is 18.4. The lowest BCUT2D eigenvalue weighted by molar-refractivity contribution is -0.137.